The van der Waals surface area contributed by atoms with Crippen molar-refractivity contribution in [1.29, 1.82) is 0 Å². The molecule has 3 rings (SSSR count). The number of carbonyl (C=O) groups is 1. The first-order valence-electron chi connectivity index (χ1n) is 7.77. The molecule has 1 saturated carbocycles. The normalized spacial score (nSPS) is 18.0. The Bertz CT molecular complexity index is 706. The van der Waals surface area contributed by atoms with Crippen molar-refractivity contribution < 1.29 is 9.90 Å². The second-order valence-corrected chi connectivity index (χ2v) is 6.45. The Balaban J connectivity index is 2.19. The number of nitrogens with zero attached hydrogens (tertiary/aromatic N) is 1. The van der Waals surface area contributed by atoms with Crippen molar-refractivity contribution in [1.82, 2.24) is 4.57 Å². The number of aryl methyl sites for hydroxylation is 2. The molecule has 3 heteroatoms. The molecule has 0 amide bonds. The molecule has 1 fully saturated rings. The van der Waals surface area contributed by atoms with E-state index in [1.807, 2.05) is 6.07 Å². The van der Waals surface area contributed by atoms with Crippen molar-refractivity contribution in [3.8, 4) is 0 Å². The van der Waals surface area contributed by atoms with Crippen LogP contribution in [-0.2, 0) is 17.3 Å². The first kappa shape index (κ1) is 14.2. The SMILES string of the molecule is Cc1c(C)n(C)c2ccc(C3(C(=O)O)CCCCC3)cc12. The third-order valence-electron chi connectivity index (χ3n) is 5.48. The van der Waals surface area contributed by atoms with E-state index in [-0.39, 0.29) is 0 Å². The zero-order valence-corrected chi connectivity index (χ0v) is 13.1. The van der Waals surface area contributed by atoms with Gasteiger partial charge in [0.15, 0.2) is 0 Å². The topological polar surface area (TPSA) is 42.2 Å². The molecule has 1 N–H and O–H groups in total. The maximum atomic E-state index is 12.0. The predicted molar refractivity (Wildman–Crippen MR) is 84.8 cm³/mol. The van der Waals surface area contributed by atoms with Gasteiger partial charge in [-0.15, -0.1) is 0 Å². The molecule has 0 saturated heterocycles. The maximum Gasteiger partial charge on any atom is 0.314 e. The lowest BCUT2D eigenvalue weighted by molar-refractivity contribution is -0.145. The van der Waals surface area contributed by atoms with E-state index in [1.165, 1.54) is 22.2 Å². The lowest BCUT2D eigenvalue weighted by Crippen LogP contribution is -2.37. The molecule has 112 valence electrons. The largest absolute Gasteiger partial charge is 0.481 e. The number of hydrogen-bond acceptors (Lipinski definition) is 1. The van der Waals surface area contributed by atoms with Crippen molar-refractivity contribution in [2.24, 2.45) is 7.05 Å². The summed E-state index contributed by atoms with van der Waals surface area (Å²) in [5, 5.41) is 11.0. The number of aliphatic carboxylic acids is 1. The summed E-state index contributed by atoms with van der Waals surface area (Å²) in [5.41, 5.74) is 3.99. The lowest BCUT2D eigenvalue weighted by atomic mass is 9.69. The van der Waals surface area contributed by atoms with E-state index < -0.39 is 11.4 Å². The highest BCUT2D eigenvalue weighted by atomic mass is 16.4. The summed E-state index contributed by atoms with van der Waals surface area (Å²) < 4.78 is 2.18. The second-order valence-electron chi connectivity index (χ2n) is 6.45. The van der Waals surface area contributed by atoms with Gasteiger partial charge in [-0.05, 0) is 49.9 Å². The molecule has 1 aliphatic rings. The Morgan fingerprint density at radius 1 is 1.19 bits per heavy atom. The average molecular weight is 285 g/mol. The Labute approximate surface area is 125 Å². The molecule has 0 aliphatic heterocycles. The van der Waals surface area contributed by atoms with E-state index in [2.05, 4.69) is 37.6 Å². The van der Waals surface area contributed by atoms with Crippen LogP contribution in [0.5, 0.6) is 0 Å². The van der Waals surface area contributed by atoms with E-state index in [0.717, 1.165) is 37.7 Å². The Morgan fingerprint density at radius 2 is 1.86 bits per heavy atom. The van der Waals surface area contributed by atoms with Crippen molar-refractivity contribution >= 4 is 16.9 Å². The molecule has 0 unspecified atom stereocenters. The monoisotopic (exact) mass is 285 g/mol. The van der Waals surface area contributed by atoms with Gasteiger partial charge in [0.25, 0.3) is 0 Å². The molecule has 2 aromatic rings. The summed E-state index contributed by atoms with van der Waals surface area (Å²) in [7, 11) is 2.07. The molecule has 1 aliphatic carbocycles. The second kappa shape index (κ2) is 4.90. The molecular weight excluding hydrogens is 262 g/mol. The van der Waals surface area contributed by atoms with Crippen LogP contribution >= 0.6 is 0 Å². The highest BCUT2D eigenvalue weighted by molar-refractivity contribution is 5.89. The number of aromatic nitrogens is 1. The molecule has 3 nitrogen and oxygen atoms in total. The fraction of sp³-hybridized carbons (Fsp3) is 0.500. The van der Waals surface area contributed by atoms with Crippen molar-refractivity contribution in [2.75, 3.05) is 0 Å². The highest BCUT2D eigenvalue weighted by Gasteiger charge is 2.41. The lowest BCUT2D eigenvalue weighted by Gasteiger charge is -2.33. The highest BCUT2D eigenvalue weighted by Crippen LogP contribution is 2.41. The van der Waals surface area contributed by atoms with Gasteiger partial charge in [-0.25, -0.2) is 0 Å². The van der Waals surface area contributed by atoms with Gasteiger partial charge < -0.3 is 9.67 Å². The zero-order valence-electron chi connectivity index (χ0n) is 13.1. The summed E-state index contributed by atoms with van der Waals surface area (Å²) in [6.07, 6.45) is 4.70. The minimum atomic E-state index is -0.678. The molecule has 1 aromatic carbocycles. The minimum Gasteiger partial charge on any atom is -0.481 e. The smallest absolute Gasteiger partial charge is 0.314 e. The van der Waals surface area contributed by atoms with Crippen LogP contribution in [0.2, 0.25) is 0 Å². The van der Waals surface area contributed by atoms with E-state index in [9.17, 15) is 9.90 Å². The number of carboxylic acids is 1. The summed E-state index contributed by atoms with van der Waals surface area (Å²) in [5.74, 6) is -0.660. The number of hydrogen-bond donors (Lipinski definition) is 1. The van der Waals surface area contributed by atoms with E-state index in [4.69, 9.17) is 0 Å². The summed E-state index contributed by atoms with van der Waals surface area (Å²) in [6, 6.07) is 6.24. The standard InChI is InChI=1S/C18H23NO2/c1-12-13(2)19(3)16-8-7-14(11-15(12)16)18(17(20)21)9-5-4-6-10-18/h7-8,11H,4-6,9-10H2,1-3H3,(H,20,21). The first-order valence-corrected chi connectivity index (χ1v) is 7.77. The molecule has 1 heterocycles. The quantitative estimate of drug-likeness (QED) is 0.903. The van der Waals surface area contributed by atoms with Gasteiger partial charge in [-0.2, -0.15) is 0 Å². The van der Waals surface area contributed by atoms with E-state index in [1.54, 1.807) is 0 Å². The number of benzene rings is 1. The Kier molecular flexibility index (Phi) is 3.31. The van der Waals surface area contributed by atoms with Crippen molar-refractivity contribution in [3.63, 3.8) is 0 Å². The van der Waals surface area contributed by atoms with Gasteiger partial charge in [0.05, 0.1) is 5.41 Å². The van der Waals surface area contributed by atoms with Gasteiger partial charge in [0.1, 0.15) is 0 Å². The van der Waals surface area contributed by atoms with E-state index >= 15 is 0 Å². The fourth-order valence-electron chi connectivity index (χ4n) is 3.84. The van der Waals surface area contributed by atoms with Crippen LogP contribution in [0.3, 0.4) is 0 Å². The third kappa shape index (κ3) is 1.98. The van der Waals surface area contributed by atoms with Crippen molar-refractivity contribution in [2.45, 2.75) is 51.4 Å². The van der Waals surface area contributed by atoms with Crippen LogP contribution in [-0.4, -0.2) is 15.6 Å². The van der Waals surface area contributed by atoms with Crippen molar-refractivity contribution in [3.05, 3.63) is 35.0 Å². The maximum absolute atomic E-state index is 12.0. The van der Waals surface area contributed by atoms with Gasteiger partial charge in [-0.3, -0.25) is 4.79 Å². The number of fused-ring (bicyclic) bond motifs is 1. The first-order chi connectivity index (χ1) is 9.97. The number of rotatable bonds is 2. The summed E-state index contributed by atoms with van der Waals surface area (Å²) in [4.78, 5) is 12.0. The fourth-order valence-corrected chi connectivity index (χ4v) is 3.84. The van der Waals surface area contributed by atoms with Crippen LogP contribution < -0.4 is 0 Å². The van der Waals surface area contributed by atoms with Gasteiger partial charge in [0.2, 0.25) is 0 Å². The van der Waals surface area contributed by atoms with Crippen LogP contribution in [0.1, 0.15) is 48.9 Å². The zero-order chi connectivity index (χ0) is 15.2. The molecule has 21 heavy (non-hydrogen) atoms. The Hall–Kier alpha value is -1.77. The Morgan fingerprint density at radius 3 is 2.48 bits per heavy atom. The molecule has 0 bridgehead atoms. The van der Waals surface area contributed by atoms with E-state index in [0.29, 0.717) is 0 Å². The van der Waals surface area contributed by atoms with Crippen LogP contribution in [0.4, 0.5) is 0 Å². The molecular formula is C18H23NO2. The van der Waals surface area contributed by atoms with Crippen LogP contribution in [0, 0.1) is 13.8 Å². The van der Waals surface area contributed by atoms with Gasteiger partial charge >= 0.3 is 5.97 Å². The average Bonchev–Trinajstić information content (AvgIpc) is 2.72. The van der Waals surface area contributed by atoms with Gasteiger partial charge in [-0.1, -0.05) is 25.3 Å². The molecule has 0 atom stereocenters. The summed E-state index contributed by atoms with van der Waals surface area (Å²) >= 11 is 0. The van der Waals surface area contributed by atoms with Crippen LogP contribution in [0.25, 0.3) is 10.9 Å². The van der Waals surface area contributed by atoms with Gasteiger partial charge in [0, 0.05) is 23.6 Å². The molecule has 0 radical (unpaired) electrons. The number of carboxylic acid groups (broad SMARTS) is 1. The minimum absolute atomic E-state index is 0.660. The van der Waals surface area contributed by atoms with Crippen LogP contribution in [0.15, 0.2) is 18.2 Å². The summed E-state index contributed by atoms with van der Waals surface area (Å²) in [6.45, 7) is 4.23. The molecule has 1 aromatic heterocycles. The molecule has 0 spiro atoms. The predicted octanol–water partition coefficient (Wildman–Crippen LogP) is 4.08. The third-order valence-corrected chi connectivity index (χ3v) is 5.48.